The number of nitrogens with one attached hydrogen (secondary N) is 2. The third kappa shape index (κ3) is 7.35. The van der Waals surface area contributed by atoms with Crippen molar-refractivity contribution in [3.05, 3.63) is 85.3 Å². The first kappa shape index (κ1) is 26.8. The molecule has 0 aliphatic carbocycles. The monoisotopic (exact) mass is 597 g/mol. The molecular formula is C24H19BrCl3N3O4. The number of benzene rings is 3. The van der Waals surface area contributed by atoms with Gasteiger partial charge in [-0.1, -0.05) is 59.1 Å². The lowest BCUT2D eigenvalue weighted by Crippen LogP contribution is -2.32. The van der Waals surface area contributed by atoms with Crippen LogP contribution in [-0.4, -0.2) is 24.6 Å². The summed E-state index contributed by atoms with van der Waals surface area (Å²) in [7, 11) is 0. The summed E-state index contributed by atoms with van der Waals surface area (Å²) in [6, 6.07) is 15.5. The molecule has 0 spiro atoms. The zero-order valence-corrected chi connectivity index (χ0v) is 22.1. The highest BCUT2D eigenvalue weighted by Crippen LogP contribution is 2.37. The van der Waals surface area contributed by atoms with Crippen molar-refractivity contribution in [1.29, 1.82) is 0 Å². The predicted octanol–water partition coefficient (Wildman–Crippen LogP) is 6.48. The Hall–Kier alpha value is -2.78. The fraction of sp³-hybridized carbons (Fsp3) is 0.125. The number of nitrogens with zero attached hydrogens (tertiary/aromatic N) is 1. The number of amides is 2. The van der Waals surface area contributed by atoms with Crippen LogP contribution in [-0.2, 0) is 16.2 Å². The summed E-state index contributed by atoms with van der Waals surface area (Å²) in [5.41, 5.74) is 3.79. The standard InChI is InChI=1S/C24H19BrCl3N3O4/c1-2-34-20-11-14(10-16(25)22(20)35-13-15-6-3-4-7-17(15)26)12-29-31-24(33)23(32)30-19-9-5-8-18(27)21(19)28/h3-12H,2,13H2,1H3,(H,30,32)(H,31,33)/b29-12+. The van der Waals surface area contributed by atoms with Gasteiger partial charge in [0, 0.05) is 10.6 Å². The minimum absolute atomic E-state index is 0.129. The Labute approximate surface area is 225 Å². The van der Waals surface area contributed by atoms with Crippen LogP contribution in [0.5, 0.6) is 11.5 Å². The first-order valence-electron chi connectivity index (χ1n) is 10.2. The van der Waals surface area contributed by atoms with E-state index < -0.39 is 11.8 Å². The van der Waals surface area contributed by atoms with E-state index in [0.29, 0.717) is 33.2 Å². The van der Waals surface area contributed by atoms with Crippen LogP contribution in [0.15, 0.2) is 64.2 Å². The second kappa shape index (κ2) is 12.8. The van der Waals surface area contributed by atoms with Gasteiger partial charge in [0.25, 0.3) is 0 Å². The number of carbonyl (C=O) groups excluding carboxylic acids is 2. The van der Waals surface area contributed by atoms with Crippen molar-refractivity contribution in [3.63, 3.8) is 0 Å². The van der Waals surface area contributed by atoms with Crippen molar-refractivity contribution >= 4 is 74.4 Å². The van der Waals surface area contributed by atoms with Crippen LogP contribution < -0.4 is 20.2 Å². The smallest absolute Gasteiger partial charge is 0.329 e. The molecule has 0 radical (unpaired) electrons. The maximum atomic E-state index is 12.1. The van der Waals surface area contributed by atoms with Gasteiger partial charge < -0.3 is 14.8 Å². The molecule has 3 aromatic carbocycles. The van der Waals surface area contributed by atoms with E-state index in [-0.39, 0.29) is 22.3 Å². The molecule has 0 fully saturated rings. The summed E-state index contributed by atoms with van der Waals surface area (Å²) in [6.45, 7) is 2.49. The maximum Gasteiger partial charge on any atom is 0.329 e. The molecule has 0 bridgehead atoms. The number of hydrogen-bond donors (Lipinski definition) is 2. The zero-order chi connectivity index (χ0) is 25.4. The lowest BCUT2D eigenvalue weighted by Gasteiger charge is -2.15. The molecule has 7 nitrogen and oxygen atoms in total. The minimum atomic E-state index is -0.985. The molecule has 35 heavy (non-hydrogen) atoms. The fourth-order valence-corrected chi connectivity index (χ4v) is 3.94. The molecule has 182 valence electrons. The Morgan fingerprint density at radius 1 is 1.00 bits per heavy atom. The van der Waals surface area contributed by atoms with E-state index in [4.69, 9.17) is 44.3 Å². The Balaban J connectivity index is 1.67. The molecule has 0 saturated carbocycles. The number of hydrazone groups is 1. The lowest BCUT2D eigenvalue weighted by atomic mass is 10.2. The fourth-order valence-electron chi connectivity index (χ4n) is 2.83. The van der Waals surface area contributed by atoms with Gasteiger partial charge in [0.05, 0.1) is 33.0 Å². The Morgan fingerprint density at radius 3 is 2.49 bits per heavy atom. The Morgan fingerprint density at radius 2 is 1.74 bits per heavy atom. The number of hydrogen-bond acceptors (Lipinski definition) is 5. The van der Waals surface area contributed by atoms with Gasteiger partial charge in [0.15, 0.2) is 11.5 Å². The first-order valence-corrected chi connectivity index (χ1v) is 12.1. The Kier molecular flexibility index (Phi) is 9.80. The SMILES string of the molecule is CCOc1cc(/C=N/NC(=O)C(=O)Nc2cccc(Cl)c2Cl)cc(Br)c1OCc1ccccc1Cl. The molecule has 11 heteroatoms. The quantitative estimate of drug-likeness (QED) is 0.176. The van der Waals surface area contributed by atoms with E-state index in [0.717, 1.165) is 5.56 Å². The van der Waals surface area contributed by atoms with Crippen LogP contribution in [0.3, 0.4) is 0 Å². The van der Waals surface area contributed by atoms with Gasteiger partial charge in [-0.05, 0) is 58.7 Å². The number of ether oxygens (including phenoxy) is 2. The summed E-state index contributed by atoms with van der Waals surface area (Å²) in [6.07, 6.45) is 1.36. The van der Waals surface area contributed by atoms with Crippen LogP contribution in [0.1, 0.15) is 18.1 Å². The summed E-state index contributed by atoms with van der Waals surface area (Å²) in [4.78, 5) is 24.2. The molecule has 0 aromatic heterocycles. The van der Waals surface area contributed by atoms with Crippen molar-refractivity contribution < 1.29 is 19.1 Å². The average molecular weight is 600 g/mol. The molecule has 3 aromatic rings. The largest absolute Gasteiger partial charge is 0.490 e. The molecule has 0 unspecified atom stereocenters. The summed E-state index contributed by atoms with van der Waals surface area (Å²) >= 11 is 21.6. The molecule has 0 saturated heterocycles. The van der Waals surface area contributed by atoms with Crippen LogP contribution in [0.4, 0.5) is 5.69 Å². The van der Waals surface area contributed by atoms with Gasteiger partial charge in [0.1, 0.15) is 6.61 Å². The average Bonchev–Trinajstić information content (AvgIpc) is 2.82. The summed E-state index contributed by atoms with van der Waals surface area (Å²) < 4.78 is 12.3. The van der Waals surface area contributed by atoms with E-state index in [2.05, 4.69) is 31.8 Å². The Bertz CT molecular complexity index is 1270. The maximum absolute atomic E-state index is 12.1. The van der Waals surface area contributed by atoms with Gasteiger partial charge in [-0.15, -0.1) is 0 Å². The predicted molar refractivity (Wildman–Crippen MR) is 142 cm³/mol. The molecular weight excluding hydrogens is 581 g/mol. The van der Waals surface area contributed by atoms with Crippen LogP contribution in [0, 0.1) is 0 Å². The summed E-state index contributed by atoms with van der Waals surface area (Å²) in [5, 5.41) is 7.20. The van der Waals surface area contributed by atoms with Crippen molar-refractivity contribution in [2.24, 2.45) is 5.10 Å². The molecule has 0 aliphatic heterocycles. The molecule has 2 amide bonds. The van der Waals surface area contributed by atoms with E-state index >= 15 is 0 Å². The zero-order valence-electron chi connectivity index (χ0n) is 18.3. The number of halogens is 4. The molecule has 2 N–H and O–H groups in total. The van der Waals surface area contributed by atoms with Gasteiger partial charge >= 0.3 is 11.8 Å². The van der Waals surface area contributed by atoms with Gasteiger partial charge in [-0.25, -0.2) is 5.43 Å². The molecule has 0 atom stereocenters. The van der Waals surface area contributed by atoms with Gasteiger partial charge in [0.2, 0.25) is 0 Å². The second-order valence-corrected chi connectivity index (χ2v) is 8.94. The van der Waals surface area contributed by atoms with Crippen LogP contribution in [0.2, 0.25) is 15.1 Å². The van der Waals surface area contributed by atoms with Crippen molar-refractivity contribution in [2.75, 3.05) is 11.9 Å². The van der Waals surface area contributed by atoms with E-state index in [9.17, 15) is 9.59 Å². The molecule has 0 aliphatic rings. The van der Waals surface area contributed by atoms with Crippen molar-refractivity contribution in [1.82, 2.24) is 5.43 Å². The topological polar surface area (TPSA) is 89.0 Å². The summed E-state index contributed by atoms with van der Waals surface area (Å²) in [5.74, 6) is -0.979. The van der Waals surface area contributed by atoms with E-state index in [1.807, 2.05) is 25.1 Å². The van der Waals surface area contributed by atoms with Crippen molar-refractivity contribution in [2.45, 2.75) is 13.5 Å². The highest BCUT2D eigenvalue weighted by Gasteiger charge is 2.16. The minimum Gasteiger partial charge on any atom is -0.490 e. The second-order valence-electron chi connectivity index (χ2n) is 6.90. The first-order chi connectivity index (χ1) is 16.8. The number of rotatable bonds is 8. The number of anilines is 1. The van der Waals surface area contributed by atoms with Crippen molar-refractivity contribution in [3.8, 4) is 11.5 Å². The lowest BCUT2D eigenvalue weighted by molar-refractivity contribution is -0.136. The van der Waals surface area contributed by atoms with Gasteiger partial charge in [-0.3, -0.25) is 9.59 Å². The normalized spacial score (nSPS) is 10.8. The highest BCUT2D eigenvalue weighted by molar-refractivity contribution is 9.10. The van der Waals surface area contributed by atoms with Crippen LogP contribution >= 0.6 is 50.7 Å². The molecule has 0 heterocycles. The molecule has 3 rings (SSSR count). The number of carbonyl (C=O) groups is 2. The highest BCUT2D eigenvalue weighted by atomic mass is 79.9. The third-order valence-corrected chi connectivity index (χ3v) is 6.22. The van der Waals surface area contributed by atoms with E-state index in [1.54, 1.807) is 30.3 Å². The van der Waals surface area contributed by atoms with Gasteiger partial charge in [-0.2, -0.15) is 5.10 Å². The van der Waals surface area contributed by atoms with Crippen LogP contribution in [0.25, 0.3) is 0 Å². The third-order valence-electron chi connectivity index (χ3n) is 4.45. The van der Waals surface area contributed by atoms with E-state index in [1.165, 1.54) is 12.3 Å².